The van der Waals surface area contributed by atoms with Crippen molar-refractivity contribution in [3.63, 3.8) is 0 Å². The summed E-state index contributed by atoms with van der Waals surface area (Å²) in [6.45, 7) is 3.79. The Morgan fingerprint density at radius 2 is 2.04 bits per heavy atom. The molecular formula is C19H19N3O5S. The second-order valence-electron chi connectivity index (χ2n) is 6.32. The summed E-state index contributed by atoms with van der Waals surface area (Å²) in [4.78, 5) is 44.7. The lowest BCUT2D eigenvalue weighted by Gasteiger charge is -2.36. The molecular weight excluding hydrogens is 382 g/mol. The summed E-state index contributed by atoms with van der Waals surface area (Å²) < 4.78 is 10.3. The van der Waals surface area contributed by atoms with E-state index in [-0.39, 0.29) is 18.1 Å². The van der Waals surface area contributed by atoms with E-state index in [0.29, 0.717) is 42.5 Å². The summed E-state index contributed by atoms with van der Waals surface area (Å²) in [6, 6.07) is 5.20. The molecule has 3 aromatic rings. The van der Waals surface area contributed by atoms with Gasteiger partial charge in [0.05, 0.1) is 18.6 Å². The maximum atomic E-state index is 12.6. The monoisotopic (exact) mass is 401 g/mol. The molecule has 1 fully saturated rings. The summed E-state index contributed by atoms with van der Waals surface area (Å²) in [7, 11) is 0. The molecule has 1 amide bonds. The molecule has 0 bridgehead atoms. The Morgan fingerprint density at radius 3 is 2.71 bits per heavy atom. The lowest BCUT2D eigenvalue weighted by Crippen LogP contribution is -2.49. The van der Waals surface area contributed by atoms with Crippen LogP contribution < -0.4 is 10.5 Å². The lowest BCUT2D eigenvalue weighted by molar-refractivity contribution is 0.0524. The van der Waals surface area contributed by atoms with Crippen LogP contribution in [0.3, 0.4) is 0 Å². The molecule has 28 heavy (non-hydrogen) atoms. The van der Waals surface area contributed by atoms with Gasteiger partial charge in [0.15, 0.2) is 5.76 Å². The Balaban J connectivity index is 1.65. The van der Waals surface area contributed by atoms with Crippen LogP contribution in [0.1, 0.15) is 27.8 Å². The molecule has 8 nitrogen and oxygen atoms in total. The van der Waals surface area contributed by atoms with E-state index >= 15 is 0 Å². The molecule has 1 saturated heterocycles. The van der Waals surface area contributed by atoms with E-state index < -0.39 is 11.5 Å². The number of thiophene rings is 1. The standard InChI is InChI=1S/C19H19N3O5S/c1-2-26-19(25)14-15(12-5-11-28-17(12)20-16(14)23)21-6-8-22(9-7-21)18(24)13-4-3-10-27-13/h3-5,10-11H,2,6-9H2,1H3,(H,20,23). The smallest absolute Gasteiger partial charge is 0.345 e. The molecule has 4 rings (SSSR count). The number of carbonyl (C=O) groups excluding carboxylic acids is 2. The Morgan fingerprint density at radius 1 is 1.25 bits per heavy atom. The van der Waals surface area contributed by atoms with Crippen LogP contribution in [0.2, 0.25) is 0 Å². The van der Waals surface area contributed by atoms with E-state index in [4.69, 9.17) is 9.15 Å². The van der Waals surface area contributed by atoms with Crippen LogP contribution in [0.5, 0.6) is 0 Å². The minimum absolute atomic E-state index is 0.0126. The van der Waals surface area contributed by atoms with Crippen molar-refractivity contribution in [2.75, 3.05) is 37.7 Å². The number of hydrogen-bond acceptors (Lipinski definition) is 7. The molecule has 1 aliphatic heterocycles. The summed E-state index contributed by atoms with van der Waals surface area (Å²) in [5.74, 6) is -0.500. The number of furan rings is 1. The number of H-pyrrole nitrogens is 1. The van der Waals surface area contributed by atoms with E-state index in [1.165, 1.54) is 17.6 Å². The molecule has 0 atom stereocenters. The Labute approximate surface area is 164 Å². The number of esters is 1. The van der Waals surface area contributed by atoms with Crippen LogP contribution in [0, 0.1) is 0 Å². The predicted octanol–water partition coefficient (Wildman–Crippen LogP) is 2.32. The fraction of sp³-hybridized carbons (Fsp3) is 0.316. The van der Waals surface area contributed by atoms with Crippen molar-refractivity contribution in [1.29, 1.82) is 0 Å². The van der Waals surface area contributed by atoms with Gasteiger partial charge in [-0.15, -0.1) is 11.3 Å². The number of rotatable bonds is 4. The number of nitrogens with one attached hydrogen (secondary N) is 1. The van der Waals surface area contributed by atoms with Crippen molar-refractivity contribution < 1.29 is 18.7 Å². The molecule has 0 aliphatic carbocycles. The third-order valence-corrected chi connectivity index (χ3v) is 5.54. The summed E-state index contributed by atoms with van der Waals surface area (Å²) in [6.07, 6.45) is 1.47. The van der Waals surface area contributed by atoms with Gasteiger partial charge >= 0.3 is 5.97 Å². The van der Waals surface area contributed by atoms with Gasteiger partial charge in [-0.1, -0.05) is 0 Å². The number of piperazine rings is 1. The molecule has 4 heterocycles. The van der Waals surface area contributed by atoms with Crippen LogP contribution >= 0.6 is 11.3 Å². The molecule has 146 valence electrons. The number of aromatic amines is 1. The first-order chi connectivity index (χ1) is 13.6. The number of anilines is 1. The SMILES string of the molecule is CCOC(=O)c1c(N2CCN(C(=O)c3ccco3)CC2)c2ccsc2[nH]c1=O. The van der Waals surface area contributed by atoms with Gasteiger partial charge in [-0.3, -0.25) is 9.59 Å². The molecule has 0 spiro atoms. The molecule has 1 N–H and O–H groups in total. The number of amides is 1. The normalized spacial score (nSPS) is 14.5. The van der Waals surface area contributed by atoms with Crippen LogP contribution in [-0.4, -0.2) is 54.5 Å². The van der Waals surface area contributed by atoms with Crippen molar-refractivity contribution in [1.82, 2.24) is 9.88 Å². The van der Waals surface area contributed by atoms with Gasteiger partial charge in [0.2, 0.25) is 0 Å². The van der Waals surface area contributed by atoms with Crippen molar-refractivity contribution in [2.24, 2.45) is 0 Å². The van der Waals surface area contributed by atoms with Gasteiger partial charge in [0, 0.05) is 31.6 Å². The molecule has 0 unspecified atom stereocenters. The lowest BCUT2D eigenvalue weighted by atomic mass is 10.1. The van der Waals surface area contributed by atoms with Crippen molar-refractivity contribution in [3.05, 3.63) is 51.5 Å². The third kappa shape index (κ3) is 3.18. The zero-order valence-electron chi connectivity index (χ0n) is 15.3. The summed E-state index contributed by atoms with van der Waals surface area (Å²) in [5, 5.41) is 2.67. The first kappa shape index (κ1) is 18.3. The Kier molecular flexibility index (Phi) is 4.91. The molecule has 0 radical (unpaired) electrons. The predicted molar refractivity (Wildman–Crippen MR) is 105 cm³/mol. The second kappa shape index (κ2) is 7.51. The first-order valence-corrected chi connectivity index (χ1v) is 9.86. The number of nitrogens with zero attached hydrogens (tertiary/aromatic N) is 2. The summed E-state index contributed by atoms with van der Waals surface area (Å²) >= 11 is 1.41. The summed E-state index contributed by atoms with van der Waals surface area (Å²) in [5.41, 5.74) is 0.125. The van der Waals surface area contributed by atoms with Gasteiger partial charge in [-0.05, 0) is 30.5 Å². The number of aromatic nitrogens is 1. The number of fused-ring (bicyclic) bond motifs is 1. The third-order valence-electron chi connectivity index (χ3n) is 4.71. The fourth-order valence-corrected chi connectivity index (χ4v) is 4.19. The zero-order chi connectivity index (χ0) is 19.7. The van der Waals surface area contributed by atoms with Crippen LogP contribution in [0.25, 0.3) is 10.2 Å². The highest BCUT2D eigenvalue weighted by Gasteiger charge is 2.29. The van der Waals surface area contributed by atoms with E-state index in [0.717, 1.165) is 5.39 Å². The van der Waals surface area contributed by atoms with Crippen LogP contribution in [0.15, 0.2) is 39.1 Å². The van der Waals surface area contributed by atoms with Crippen molar-refractivity contribution in [3.8, 4) is 0 Å². The minimum Gasteiger partial charge on any atom is -0.462 e. The second-order valence-corrected chi connectivity index (χ2v) is 7.23. The molecule has 3 aromatic heterocycles. The fourth-order valence-electron chi connectivity index (χ4n) is 3.41. The van der Waals surface area contributed by atoms with Gasteiger partial charge in [-0.2, -0.15) is 0 Å². The van der Waals surface area contributed by atoms with E-state index in [1.54, 1.807) is 24.0 Å². The minimum atomic E-state index is -0.638. The topological polar surface area (TPSA) is 95.8 Å². The number of carbonyl (C=O) groups is 2. The largest absolute Gasteiger partial charge is 0.462 e. The molecule has 0 saturated carbocycles. The van der Waals surface area contributed by atoms with E-state index in [2.05, 4.69) is 4.98 Å². The van der Waals surface area contributed by atoms with Crippen LogP contribution in [-0.2, 0) is 4.74 Å². The highest BCUT2D eigenvalue weighted by molar-refractivity contribution is 7.16. The number of hydrogen-bond donors (Lipinski definition) is 1. The molecule has 0 aromatic carbocycles. The van der Waals surface area contributed by atoms with E-state index in [1.807, 2.05) is 16.3 Å². The van der Waals surface area contributed by atoms with Crippen LogP contribution in [0.4, 0.5) is 5.69 Å². The maximum Gasteiger partial charge on any atom is 0.345 e. The van der Waals surface area contributed by atoms with Gasteiger partial charge in [-0.25, -0.2) is 4.79 Å². The average molecular weight is 401 g/mol. The van der Waals surface area contributed by atoms with Crippen molar-refractivity contribution in [2.45, 2.75) is 6.92 Å². The number of pyridine rings is 1. The zero-order valence-corrected chi connectivity index (χ0v) is 16.1. The molecule has 9 heteroatoms. The van der Waals surface area contributed by atoms with Crippen molar-refractivity contribution >= 4 is 39.1 Å². The molecule has 1 aliphatic rings. The Hall–Kier alpha value is -3.07. The van der Waals surface area contributed by atoms with Gasteiger partial charge < -0.3 is 23.9 Å². The highest BCUT2D eigenvalue weighted by Crippen LogP contribution is 2.32. The first-order valence-electron chi connectivity index (χ1n) is 8.98. The maximum absolute atomic E-state index is 12.6. The van der Waals surface area contributed by atoms with E-state index in [9.17, 15) is 14.4 Å². The highest BCUT2D eigenvalue weighted by atomic mass is 32.1. The Bertz CT molecular complexity index is 1060. The van der Waals surface area contributed by atoms with Gasteiger partial charge in [0.25, 0.3) is 11.5 Å². The number of ether oxygens (including phenoxy) is 1. The average Bonchev–Trinajstić information content (AvgIpc) is 3.38. The quantitative estimate of drug-likeness (QED) is 0.674. The van der Waals surface area contributed by atoms with Gasteiger partial charge in [0.1, 0.15) is 10.4 Å².